The maximum absolute atomic E-state index is 9.84. The molecule has 0 saturated carbocycles. The van der Waals surface area contributed by atoms with Crippen molar-refractivity contribution in [3.63, 3.8) is 0 Å². The molecular weight excluding hydrogens is 326 g/mol. The second kappa shape index (κ2) is 6.11. The Balaban J connectivity index is 1.84. The van der Waals surface area contributed by atoms with E-state index in [1.165, 1.54) is 0 Å². The van der Waals surface area contributed by atoms with E-state index < -0.39 is 0 Å². The van der Waals surface area contributed by atoms with Crippen molar-refractivity contribution in [1.29, 1.82) is 0 Å². The van der Waals surface area contributed by atoms with Crippen molar-refractivity contribution in [3.8, 4) is 11.5 Å². The molecule has 2 N–H and O–H groups in total. The number of rotatable bonds is 3. The van der Waals surface area contributed by atoms with Crippen molar-refractivity contribution in [1.82, 2.24) is 4.57 Å². The molecule has 1 aromatic heterocycles. The van der Waals surface area contributed by atoms with Crippen LogP contribution < -0.4 is 4.90 Å². The number of aliphatic imine (C=N–C) groups is 1. The average molecular weight is 345 g/mol. The lowest BCUT2D eigenvalue weighted by Crippen LogP contribution is -2.07. The molecule has 0 radical (unpaired) electrons. The van der Waals surface area contributed by atoms with E-state index in [1.807, 2.05) is 60.0 Å². The minimum atomic E-state index is 0.191. The van der Waals surface area contributed by atoms with Gasteiger partial charge >= 0.3 is 0 Å². The number of phenols is 2. The lowest BCUT2D eigenvalue weighted by atomic mass is 10.1. The first-order valence-corrected chi connectivity index (χ1v) is 8.30. The van der Waals surface area contributed by atoms with Gasteiger partial charge in [-0.15, -0.1) is 0 Å². The van der Waals surface area contributed by atoms with Crippen molar-refractivity contribution in [2.45, 2.75) is 0 Å². The maximum Gasteiger partial charge on any atom is 0.116 e. The van der Waals surface area contributed by atoms with E-state index in [2.05, 4.69) is 4.99 Å². The van der Waals surface area contributed by atoms with Crippen LogP contribution in [-0.2, 0) is 0 Å². The van der Waals surface area contributed by atoms with Gasteiger partial charge in [-0.05, 0) is 60.7 Å². The fourth-order valence-corrected chi connectivity index (χ4v) is 3.12. The third-order valence-corrected chi connectivity index (χ3v) is 4.46. The van der Waals surface area contributed by atoms with Crippen LogP contribution in [-0.4, -0.2) is 35.2 Å². The predicted octanol–water partition coefficient (Wildman–Crippen LogP) is 4.48. The SMILES string of the molecule is CN(C)c1ccc(N=Cn2c3ccc(O)cc3c3cc(O)ccc32)cc1. The minimum absolute atomic E-state index is 0.191. The van der Waals surface area contributed by atoms with Crippen LogP contribution >= 0.6 is 0 Å². The summed E-state index contributed by atoms with van der Waals surface area (Å²) in [6.07, 6.45) is 1.77. The number of anilines is 1. The average Bonchev–Trinajstić information content (AvgIpc) is 2.92. The van der Waals surface area contributed by atoms with Crippen molar-refractivity contribution >= 4 is 39.5 Å². The second-order valence-corrected chi connectivity index (χ2v) is 6.43. The number of nitrogens with zero attached hydrogens (tertiary/aromatic N) is 3. The van der Waals surface area contributed by atoms with Gasteiger partial charge in [-0.3, -0.25) is 4.57 Å². The van der Waals surface area contributed by atoms with Crippen molar-refractivity contribution < 1.29 is 10.2 Å². The van der Waals surface area contributed by atoms with Crippen LogP contribution in [0.1, 0.15) is 0 Å². The van der Waals surface area contributed by atoms with Gasteiger partial charge in [0.25, 0.3) is 0 Å². The molecule has 0 aliphatic carbocycles. The molecule has 0 unspecified atom stereocenters. The van der Waals surface area contributed by atoms with Gasteiger partial charge in [-0.25, -0.2) is 4.99 Å². The normalized spacial score (nSPS) is 11.6. The largest absolute Gasteiger partial charge is 0.508 e. The van der Waals surface area contributed by atoms with Crippen LogP contribution in [0, 0.1) is 0 Å². The zero-order chi connectivity index (χ0) is 18.3. The number of aromatic nitrogens is 1. The molecule has 0 saturated heterocycles. The maximum atomic E-state index is 9.84. The molecule has 5 nitrogen and oxygen atoms in total. The number of fused-ring (bicyclic) bond motifs is 3. The fraction of sp³-hybridized carbons (Fsp3) is 0.0952. The van der Waals surface area contributed by atoms with Gasteiger partial charge in [0.1, 0.15) is 17.8 Å². The smallest absolute Gasteiger partial charge is 0.116 e. The summed E-state index contributed by atoms with van der Waals surface area (Å²) in [5.41, 5.74) is 3.80. The van der Waals surface area contributed by atoms with Crippen LogP contribution in [0.4, 0.5) is 11.4 Å². The number of aromatic hydroxyl groups is 2. The number of hydrogen-bond acceptors (Lipinski definition) is 4. The molecular formula is C21H19N3O2. The van der Waals surface area contributed by atoms with Crippen molar-refractivity contribution in [2.24, 2.45) is 4.99 Å². The Hall–Kier alpha value is -3.47. The summed E-state index contributed by atoms with van der Waals surface area (Å²) < 4.78 is 1.96. The summed E-state index contributed by atoms with van der Waals surface area (Å²) in [5.74, 6) is 0.382. The highest BCUT2D eigenvalue weighted by Gasteiger charge is 2.11. The zero-order valence-electron chi connectivity index (χ0n) is 14.6. The van der Waals surface area contributed by atoms with E-state index >= 15 is 0 Å². The summed E-state index contributed by atoms with van der Waals surface area (Å²) in [6.45, 7) is 0. The zero-order valence-corrected chi connectivity index (χ0v) is 14.6. The Bertz CT molecular complexity index is 1070. The summed E-state index contributed by atoms with van der Waals surface area (Å²) in [4.78, 5) is 6.63. The van der Waals surface area contributed by atoms with Crippen LogP contribution in [0.2, 0.25) is 0 Å². The quantitative estimate of drug-likeness (QED) is 0.425. The molecule has 3 aromatic carbocycles. The van der Waals surface area contributed by atoms with Crippen LogP contribution in [0.3, 0.4) is 0 Å². The van der Waals surface area contributed by atoms with E-state index in [4.69, 9.17) is 0 Å². The van der Waals surface area contributed by atoms with Crippen molar-refractivity contribution in [2.75, 3.05) is 19.0 Å². The van der Waals surface area contributed by atoms with E-state index in [9.17, 15) is 10.2 Å². The molecule has 5 heteroatoms. The van der Waals surface area contributed by atoms with Gasteiger partial charge < -0.3 is 15.1 Å². The predicted molar refractivity (Wildman–Crippen MR) is 107 cm³/mol. The topological polar surface area (TPSA) is 61.0 Å². The molecule has 0 aliphatic rings. The molecule has 130 valence electrons. The molecule has 0 fully saturated rings. The monoisotopic (exact) mass is 345 g/mol. The first-order valence-electron chi connectivity index (χ1n) is 8.30. The molecule has 1 heterocycles. The van der Waals surface area contributed by atoms with E-state index in [1.54, 1.807) is 30.6 Å². The molecule has 0 aliphatic heterocycles. The third-order valence-electron chi connectivity index (χ3n) is 4.46. The minimum Gasteiger partial charge on any atom is -0.508 e. The number of hydrogen-bond donors (Lipinski definition) is 2. The van der Waals surface area contributed by atoms with Gasteiger partial charge in [0, 0.05) is 30.6 Å². The molecule has 26 heavy (non-hydrogen) atoms. The van der Waals surface area contributed by atoms with E-state index in [0.29, 0.717) is 0 Å². The lowest BCUT2D eigenvalue weighted by Gasteiger charge is -2.11. The molecule has 0 atom stereocenters. The standard InChI is InChI=1S/C21H19N3O2/c1-23(2)15-5-3-14(4-6-15)22-13-24-20-9-7-16(25)11-18(20)19-12-17(26)8-10-21(19)24/h3-13,25-26H,1-2H3. The van der Waals surface area contributed by atoms with Crippen molar-refractivity contribution in [3.05, 3.63) is 60.7 Å². The Kier molecular flexibility index (Phi) is 3.77. The van der Waals surface area contributed by atoms with E-state index in [0.717, 1.165) is 33.2 Å². The molecule has 4 aromatic rings. The van der Waals surface area contributed by atoms with Gasteiger partial charge in [0.05, 0.1) is 16.7 Å². The second-order valence-electron chi connectivity index (χ2n) is 6.43. The summed E-state index contributed by atoms with van der Waals surface area (Å²) in [6, 6.07) is 18.4. The Morgan fingerprint density at radius 2 is 1.35 bits per heavy atom. The van der Waals surface area contributed by atoms with Gasteiger partial charge in [-0.2, -0.15) is 0 Å². The Morgan fingerprint density at radius 1 is 0.808 bits per heavy atom. The molecule has 0 amide bonds. The lowest BCUT2D eigenvalue weighted by molar-refractivity contribution is 0.475. The highest BCUT2D eigenvalue weighted by atomic mass is 16.3. The third kappa shape index (κ3) is 2.73. The highest BCUT2D eigenvalue weighted by Crippen LogP contribution is 2.33. The summed E-state index contributed by atoms with van der Waals surface area (Å²) in [5, 5.41) is 21.4. The first-order chi connectivity index (χ1) is 12.5. The van der Waals surface area contributed by atoms with E-state index in [-0.39, 0.29) is 11.5 Å². The molecule has 0 spiro atoms. The Morgan fingerprint density at radius 3 is 1.85 bits per heavy atom. The van der Waals surface area contributed by atoms with Crippen LogP contribution in [0.5, 0.6) is 11.5 Å². The van der Waals surface area contributed by atoms with Gasteiger partial charge in [0.15, 0.2) is 0 Å². The number of phenolic OH excluding ortho intramolecular Hbond substituents is 2. The van der Waals surface area contributed by atoms with Gasteiger partial charge in [0.2, 0.25) is 0 Å². The molecule has 0 bridgehead atoms. The fourth-order valence-electron chi connectivity index (χ4n) is 3.12. The highest BCUT2D eigenvalue weighted by molar-refractivity contribution is 6.12. The summed E-state index contributed by atoms with van der Waals surface area (Å²) >= 11 is 0. The number of benzene rings is 3. The van der Waals surface area contributed by atoms with Crippen LogP contribution in [0.15, 0.2) is 65.7 Å². The Labute approximate surface area is 151 Å². The van der Waals surface area contributed by atoms with Crippen LogP contribution in [0.25, 0.3) is 21.8 Å². The first kappa shape index (κ1) is 16.0. The molecule has 4 rings (SSSR count). The summed E-state index contributed by atoms with van der Waals surface area (Å²) in [7, 11) is 4.00. The van der Waals surface area contributed by atoms with Gasteiger partial charge in [-0.1, -0.05) is 0 Å².